The molecule has 0 aliphatic rings. The van der Waals surface area contributed by atoms with Crippen LogP contribution in [0.1, 0.15) is 29.9 Å². The fourth-order valence-electron chi connectivity index (χ4n) is 2.79. The maximum absolute atomic E-state index is 12.6. The van der Waals surface area contributed by atoms with Gasteiger partial charge in [0.15, 0.2) is 5.82 Å². The van der Waals surface area contributed by atoms with E-state index in [-0.39, 0.29) is 5.91 Å². The summed E-state index contributed by atoms with van der Waals surface area (Å²) < 4.78 is 0. The lowest BCUT2D eigenvalue weighted by atomic mass is 10.2. The Labute approximate surface area is 166 Å². The number of aromatic nitrogens is 2. The average molecular weight is 374 g/mol. The van der Waals surface area contributed by atoms with Crippen LogP contribution in [0, 0.1) is 5.92 Å². The SMILES string of the molecule is CC(C)CNC(=O)c1cc(N(C)Cc2ccccc2)nc(-c2ccccc2)n1. The van der Waals surface area contributed by atoms with Gasteiger partial charge < -0.3 is 10.2 Å². The van der Waals surface area contributed by atoms with Crippen molar-refractivity contribution in [1.29, 1.82) is 0 Å². The standard InChI is InChI=1S/C23H26N4O/c1-17(2)15-24-23(28)20-14-21(27(3)16-18-10-6-4-7-11-18)26-22(25-20)19-12-8-5-9-13-19/h4-14,17H,15-16H2,1-3H3,(H,24,28). The molecule has 0 radical (unpaired) electrons. The molecule has 3 aromatic rings. The smallest absolute Gasteiger partial charge is 0.270 e. The lowest BCUT2D eigenvalue weighted by Gasteiger charge is -2.20. The molecule has 0 bridgehead atoms. The molecule has 5 heteroatoms. The second-order valence-electron chi connectivity index (χ2n) is 7.25. The van der Waals surface area contributed by atoms with Gasteiger partial charge in [0.05, 0.1) is 0 Å². The van der Waals surface area contributed by atoms with Crippen LogP contribution in [0.4, 0.5) is 5.82 Å². The number of hydrogen-bond acceptors (Lipinski definition) is 4. The third-order valence-corrected chi connectivity index (χ3v) is 4.30. The molecule has 0 unspecified atom stereocenters. The van der Waals surface area contributed by atoms with Crippen LogP contribution in [-0.4, -0.2) is 29.5 Å². The number of carbonyl (C=O) groups excluding carboxylic acids is 1. The van der Waals surface area contributed by atoms with E-state index in [0.29, 0.717) is 36.3 Å². The molecule has 0 saturated heterocycles. The summed E-state index contributed by atoms with van der Waals surface area (Å²) in [6.07, 6.45) is 0. The maximum Gasteiger partial charge on any atom is 0.270 e. The first kappa shape index (κ1) is 19.5. The summed E-state index contributed by atoms with van der Waals surface area (Å²) in [4.78, 5) is 23.9. The summed E-state index contributed by atoms with van der Waals surface area (Å²) in [6.45, 7) is 5.43. The summed E-state index contributed by atoms with van der Waals surface area (Å²) in [5.41, 5.74) is 2.44. The Bertz CT molecular complexity index is 910. The number of benzene rings is 2. The molecule has 0 aliphatic carbocycles. The monoisotopic (exact) mass is 374 g/mol. The number of amides is 1. The third-order valence-electron chi connectivity index (χ3n) is 4.30. The zero-order valence-corrected chi connectivity index (χ0v) is 16.6. The highest BCUT2D eigenvalue weighted by molar-refractivity contribution is 5.93. The van der Waals surface area contributed by atoms with E-state index in [2.05, 4.69) is 36.3 Å². The van der Waals surface area contributed by atoms with Gasteiger partial charge in [-0.15, -0.1) is 0 Å². The molecule has 3 rings (SSSR count). The number of anilines is 1. The van der Waals surface area contributed by atoms with Gasteiger partial charge in [0.2, 0.25) is 0 Å². The predicted molar refractivity (Wildman–Crippen MR) is 113 cm³/mol. The summed E-state index contributed by atoms with van der Waals surface area (Å²) in [5.74, 6) is 1.46. The Morgan fingerprint density at radius 3 is 2.29 bits per heavy atom. The molecular formula is C23H26N4O. The number of nitrogens with zero attached hydrogens (tertiary/aromatic N) is 3. The summed E-state index contributed by atoms with van der Waals surface area (Å²) in [7, 11) is 1.97. The van der Waals surface area contributed by atoms with Crippen molar-refractivity contribution in [3.05, 3.63) is 78.0 Å². The zero-order valence-electron chi connectivity index (χ0n) is 16.6. The van der Waals surface area contributed by atoms with Crippen LogP contribution in [0.3, 0.4) is 0 Å². The van der Waals surface area contributed by atoms with Crippen molar-refractivity contribution in [3.63, 3.8) is 0 Å². The molecule has 28 heavy (non-hydrogen) atoms. The zero-order chi connectivity index (χ0) is 19.9. The third kappa shape index (κ3) is 5.16. The second kappa shape index (κ2) is 9.13. The Morgan fingerprint density at radius 1 is 1.00 bits per heavy atom. The first-order valence-electron chi connectivity index (χ1n) is 9.50. The van der Waals surface area contributed by atoms with Crippen LogP contribution < -0.4 is 10.2 Å². The highest BCUT2D eigenvalue weighted by Gasteiger charge is 2.15. The maximum atomic E-state index is 12.6. The van der Waals surface area contributed by atoms with Crippen molar-refractivity contribution in [2.24, 2.45) is 5.92 Å². The highest BCUT2D eigenvalue weighted by Crippen LogP contribution is 2.21. The molecule has 1 N–H and O–H groups in total. The van der Waals surface area contributed by atoms with E-state index in [1.165, 1.54) is 5.56 Å². The van der Waals surface area contributed by atoms with Crippen molar-refractivity contribution in [1.82, 2.24) is 15.3 Å². The summed E-state index contributed by atoms with van der Waals surface area (Å²) >= 11 is 0. The predicted octanol–water partition coefficient (Wildman–Crippen LogP) is 4.17. The fraction of sp³-hybridized carbons (Fsp3) is 0.261. The second-order valence-corrected chi connectivity index (χ2v) is 7.25. The Balaban J connectivity index is 1.93. The molecule has 2 aromatic carbocycles. The fourth-order valence-corrected chi connectivity index (χ4v) is 2.79. The van der Waals surface area contributed by atoms with E-state index in [1.54, 1.807) is 6.07 Å². The van der Waals surface area contributed by atoms with Gasteiger partial charge in [-0.25, -0.2) is 9.97 Å². The number of hydrogen-bond donors (Lipinski definition) is 1. The van der Waals surface area contributed by atoms with Gasteiger partial charge in [0, 0.05) is 31.8 Å². The van der Waals surface area contributed by atoms with E-state index in [1.807, 2.05) is 60.5 Å². The van der Waals surface area contributed by atoms with Crippen molar-refractivity contribution in [2.75, 3.05) is 18.5 Å². The van der Waals surface area contributed by atoms with Gasteiger partial charge in [-0.2, -0.15) is 0 Å². The van der Waals surface area contributed by atoms with Gasteiger partial charge >= 0.3 is 0 Å². The molecule has 0 aliphatic heterocycles. The average Bonchev–Trinajstić information content (AvgIpc) is 2.73. The normalized spacial score (nSPS) is 10.7. The van der Waals surface area contributed by atoms with Crippen molar-refractivity contribution in [3.8, 4) is 11.4 Å². The van der Waals surface area contributed by atoms with Crippen molar-refractivity contribution in [2.45, 2.75) is 20.4 Å². The molecule has 1 heterocycles. The minimum atomic E-state index is -0.178. The van der Waals surface area contributed by atoms with Crippen LogP contribution in [0.5, 0.6) is 0 Å². The molecule has 0 saturated carbocycles. The van der Waals surface area contributed by atoms with Crippen molar-refractivity contribution < 1.29 is 4.79 Å². The Morgan fingerprint density at radius 2 is 1.64 bits per heavy atom. The quantitative estimate of drug-likeness (QED) is 0.674. The van der Waals surface area contributed by atoms with E-state index >= 15 is 0 Å². The molecule has 1 aromatic heterocycles. The lowest BCUT2D eigenvalue weighted by Crippen LogP contribution is -2.29. The Kier molecular flexibility index (Phi) is 6.37. The first-order valence-corrected chi connectivity index (χ1v) is 9.50. The van der Waals surface area contributed by atoms with Gasteiger partial charge in [-0.05, 0) is 11.5 Å². The van der Waals surface area contributed by atoms with E-state index in [9.17, 15) is 4.79 Å². The molecule has 0 fully saturated rings. The van der Waals surface area contributed by atoms with Crippen LogP contribution in [0.15, 0.2) is 66.7 Å². The first-order chi connectivity index (χ1) is 13.5. The molecule has 0 spiro atoms. The summed E-state index contributed by atoms with van der Waals surface area (Å²) in [6, 6.07) is 21.7. The molecule has 0 atom stereocenters. The number of carbonyl (C=O) groups is 1. The van der Waals surface area contributed by atoms with E-state index in [0.717, 1.165) is 5.56 Å². The molecular weight excluding hydrogens is 348 g/mol. The molecule has 5 nitrogen and oxygen atoms in total. The number of nitrogens with one attached hydrogen (secondary N) is 1. The Hall–Kier alpha value is -3.21. The topological polar surface area (TPSA) is 58.1 Å². The van der Waals surface area contributed by atoms with Gasteiger partial charge in [-0.1, -0.05) is 74.5 Å². The minimum Gasteiger partial charge on any atom is -0.355 e. The summed E-state index contributed by atoms with van der Waals surface area (Å²) in [5, 5.41) is 2.95. The van der Waals surface area contributed by atoms with Crippen molar-refractivity contribution >= 4 is 11.7 Å². The largest absolute Gasteiger partial charge is 0.355 e. The molecule has 144 valence electrons. The van der Waals surface area contributed by atoms with Crippen LogP contribution in [0.2, 0.25) is 0 Å². The highest BCUT2D eigenvalue weighted by atomic mass is 16.1. The van der Waals surface area contributed by atoms with E-state index in [4.69, 9.17) is 4.98 Å². The van der Waals surface area contributed by atoms with Crippen LogP contribution >= 0.6 is 0 Å². The van der Waals surface area contributed by atoms with E-state index < -0.39 is 0 Å². The van der Waals surface area contributed by atoms with Crippen LogP contribution in [0.25, 0.3) is 11.4 Å². The lowest BCUT2D eigenvalue weighted by molar-refractivity contribution is 0.0944. The van der Waals surface area contributed by atoms with Gasteiger partial charge in [0.1, 0.15) is 11.5 Å². The van der Waals surface area contributed by atoms with Crippen LogP contribution in [-0.2, 0) is 6.54 Å². The number of rotatable bonds is 7. The van der Waals surface area contributed by atoms with Gasteiger partial charge in [-0.3, -0.25) is 4.79 Å². The molecule has 1 amide bonds. The minimum absolute atomic E-state index is 0.178. The van der Waals surface area contributed by atoms with Gasteiger partial charge in [0.25, 0.3) is 5.91 Å².